The standard InChI is InChI=1S/C30H46O4/c1-18(2)19(3)8-9-20(4)24-10-11-25-23-13-15-30(33)16-22(34-21(5)31)12-14-29(30,7)27(23)26(32)17-28(24,25)6/h8-9,13,18-20,22,24-25,27,33H,10-12,14-17H2,1-7H3. The molecule has 0 aromatic carbocycles. The van der Waals surface area contributed by atoms with Gasteiger partial charge in [0.25, 0.3) is 0 Å². The van der Waals surface area contributed by atoms with Gasteiger partial charge in [0.1, 0.15) is 11.9 Å². The predicted molar refractivity (Wildman–Crippen MR) is 135 cm³/mol. The number of hydrogen-bond donors (Lipinski definition) is 1. The van der Waals surface area contributed by atoms with Crippen molar-refractivity contribution in [2.24, 2.45) is 46.3 Å². The molecule has 0 heterocycles. The van der Waals surface area contributed by atoms with Gasteiger partial charge in [-0.05, 0) is 67.1 Å². The van der Waals surface area contributed by atoms with Gasteiger partial charge in [0.15, 0.2) is 0 Å². The van der Waals surface area contributed by atoms with E-state index in [1.165, 1.54) is 12.5 Å². The summed E-state index contributed by atoms with van der Waals surface area (Å²) in [7, 11) is 0. The van der Waals surface area contributed by atoms with Crippen LogP contribution in [0.4, 0.5) is 0 Å². The van der Waals surface area contributed by atoms with Crippen LogP contribution in [0.5, 0.6) is 0 Å². The van der Waals surface area contributed by atoms with Crippen LogP contribution in [-0.4, -0.2) is 28.6 Å². The van der Waals surface area contributed by atoms with Gasteiger partial charge in [-0.25, -0.2) is 0 Å². The van der Waals surface area contributed by atoms with Crippen LogP contribution in [0.2, 0.25) is 0 Å². The Bertz CT molecular complexity index is 886. The number of fused-ring (bicyclic) bond motifs is 5. The second-order valence-electron chi connectivity index (χ2n) is 13.0. The van der Waals surface area contributed by atoms with Crippen LogP contribution in [0.25, 0.3) is 0 Å². The summed E-state index contributed by atoms with van der Waals surface area (Å²) >= 11 is 0. The van der Waals surface area contributed by atoms with Crippen LogP contribution < -0.4 is 0 Å². The minimum Gasteiger partial charge on any atom is -0.462 e. The Morgan fingerprint density at radius 3 is 2.50 bits per heavy atom. The minimum absolute atomic E-state index is 0.00893. The summed E-state index contributed by atoms with van der Waals surface area (Å²) in [6, 6.07) is 0. The molecular weight excluding hydrogens is 424 g/mol. The highest BCUT2D eigenvalue weighted by Gasteiger charge is 2.65. The fourth-order valence-corrected chi connectivity index (χ4v) is 8.24. The Morgan fingerprint density at radius 1 is 1.15 bits per heavy atom. The highest BCUT2D eigenvalue weighted by atomic mass is 16.5. The predicted octanol–water partition coefficient (Wildman–Crippen LogP) is 6.28. The van der Waals surface area contributed by atoms with Gasteiger partial charge in [0, 0.05) is 31.1 Å². The van der Waals surface area contributed by atoms with E-state index in [2.05, 4.69) is 59.8 Å². The highest BCUT2D eigenvalue weighted by molar-refractivity contribution is 5.87. The molecule has 3 fully saturated rings. The van der Waals surface area contributed by atoms with Crippen molar-refractivity contribution in [3.05, 3.63) is 23.8 Å². The highest BCUT2D eigenvalue weighted by Crippen LogP contribution is 2.66. The Balaban J connectivity index is 1.60. The first-order valence-electron chi connectivity index (χ1n) is 13.6. The van der Waals surface area contributed by atoms with Gasteiger partial charge in [-0.15, -0.1) is 0 Å². The zero-order chi connectivity index (χ0) is 25.1. The molecule has 0 spiro atoms. The number of rotatable bonds is 5. The molecule has 0 bridgehead atoms. The maximum atomic E-state index is 13.9. The summed E-state index contributed by atoms with van der Waals surface area (Å²) in [4.78, 5) is 25.4. The molecule has 1 N–H and O–H groups in total. The fourth-order valence-electron chi connectivity index (χ4n) is 8.24. The third kappa shape index (κ3) is 4.02. The second kappa shape index (κ2) is 8.91. The molecule has 4 nitrogen and oxygen atoms in total. The van der Waals surface area contributed by atoms with E-state index in [1.54, 1.807) is 0 Å². The molecule has 0 aromatic heterocycles. The smallest absolute Gasteiger partial charge is 0.302 e. The van der Waals surface area contributed by atoms with Crippen molar-refractivity contribution >= 4 is 11.8 Å². The molecule has 9 unspecified atom stereocenters. The van der Waals surface area contributed by atoms with E-state index < -0.39 is 11.0 Å². The number of carbonyl (C=O) groups excluding carboxylic acids is 2. The van der Waals surface area contributed by atoms with E-state index in [4.69, 9.17) is 4.74 Å². The Morgan fingerprint density at radius 2 is 1.85 bits per heavy atom. The first-order valence-corrected chi connectivity index (χ1v) is 13.6. The molecule has 0 aliphatic heterocycles. The maximum Gasteiger partial charge on any atom is 0.302 e. The third-order valence-corrected chi connectivity index (χ3v) is 10.7. The summed E-state index contributed by atoms with van der Waals surface area (Å²) in [5.74, 6) is 2.40. The van der Waals surface area contributed by atoms with Gasteiger partial charge in [-0.3, -0.25) is 9.59 Å². The number of Topliss-reactive ketones (excluding diaryl/α,β-unsaturated/α-hetero) is 1. The molecule has 0 saturated heterocycles. The van der Waals surface area contributed by atoms with E-state index in [0.29, 0.717) is 61.1 Å². The van der Waals surface area contributed by atoms with E-state index in [1.807, 2.05) is 0 Å². The zero-order valence-electron chi connectivity index (χ0n) is 22.4. The first-order chi connectivity index (χ1) is 15.8. The van der Waals surface area contributed by atoms with Crippen LogP contribution in [0.15, 0.2) is 23.8 Å². The van der Waals surface area contributed by atoms with Crippen LogP contribution >= 0.6 is 0 Å². The molecule has 0 aromatic rings. The monoisotopic (exact) mass is 470 g/mol. The van der Waals surface area contributed by atoms with Crippen LogP contribution in [0, 0.1) is 46.3 Å². The van der Waals surface area contributed by atoms with Crippen molar-refractivity contribution in [1.29, 1.82) is 0 Å². The normalized spacial score (nSPS) is 43.7. The molecular formula is C30H46O4. The number of hydrogen-bond acceptors (Lipinski definition) is 4. The number of carbonyl (C=O) groups is 2. The summed E-state index contributed by atoms with van der Waals surface area (Å²) in [6.45, 7) is 15.1. The first kappa shape index (κ1) is 25.7. The number of aliphatic hydroxyl groups is 1. The van der Waals surface area contributed by atoms with Gasteiger partial charge in [0.05, 0.1) is 5.60 Å². The van der Waals surface area contributed by atoms with E-state index in [9.17, 15) is 14.7 Å². The van der Waals surface area contributed by atoms with Gasteiger partial charge < -0.3 is 9.84 Å². The van der Waals surface area contributed by atoms with E-state index in [0.717, 1.165) is 19.3 Å². The van der Waals surface area contributed by atoms with E-state index >= 15 is 0 Å². The van der Waals surface area contributed by atoms with Gasteiger partial charge in [-0.1, -0.05) is 65.3 Å². The minimum atomic E-state index is -0.996. The summed E-state index contributed by atoms with van der Waals surface area (Å²) in [5.41, 5.74) is -0.177. The fraction of sp³-hybridized carbons (Fsp3) is 0.800. The lowest BCUT2D eigenvalue weighted by atomic mass is 9.46. The van der Waals surface area contributed by atoms with Gasteiger partial charge in [-0.2, -0.15) is 0 Å². The molecule has 9 atom stereocenters. The third-order valence-electron chi connectivity index (χ3n) is 10.7. The Labute approximate surface area is 206 Å². The second-order valence-corrected chi connectivity index (χ2v) is 13.0. The lowest BCUT2D eigenvalue weighted by Crippen LogP contribution is -2.62. The van der Waals surface area contributed by atoms with Gasteiger partial charge in [0.2, 0.25) is 0 Å². The molecule has 34 heavy (non-hydrogen) atoms. The van der Waals surface area contributed by atoms with Crippen molar-refractivity contribution in [1.82, 2.24) is 0 Å². The number of esters is 1. The number of ketones is 1. The molecule has 4 aliphatic carbocycles. The Hall–Kier alpha value is -1.42. The van der Waals surface area contributed by atoms with Crippen molar-refractivity contribution in [2.75, 3.05) is 0 Å². The van der Waals surface area contributed by atoms with Crippen molar-refractivity contribution in [2.45, 2.75) is 105 Å². The van der Waals surface area contributed by atoms with E-state index in [-0.39, 0.29) is 23.4 Å². The molecule has 4 heteroatoms. The zero-order valence-corrected chi connectivity index (χ0v) is 22.4. The van der Waals surface area contributed by atoms with Crippen molar-refractivity contribution in [3.63, 3.8) is 0 Å². The quantitative estimate of drug-likeness (QED) is 0.380. The summed E-state index contributed by atoms with van der Waals surface area (Å²) < 4.78 is 5.48. The molecule has 3 saturated carbocycles. The molecule has 4 aliphatic rings. The molecule has 0 radical (unpaired) electrons. The topological polar surface area (TPSA) is 63.6 Å². The van der Waals surface area contributed by atoms with Crippen LogP contribution in [-0.2, 0) is 14.3 Å². The van der Waals surface area contributed by atoms with Crippen molar-refractivity contribution in [3.8, 4) is 0 Å². The average molecular weight is 471 g/mol. The SMILES string of the molecule is CC(=O)OC1CCC2(C)C3C(=O)CC4(C)C(CCC4C(C)C=CC(C)C(C)C)C3=CCC2(O)C1. The lowest BCUT2D eigenvalue weighted by molar-refractivity contribution is -0.186. The number of allylic oxidation sites excluding steroid dienone is 3. The van der Waals surface area contributed by atoms with Crippen molar-refractivity contribution < 1.29 is 19.4 Å². The summed E-state index contributed by atoms with van der Waals surface area (Å²) in [6.07, 6.45) is 12.1. The van der Waals surface area contributed by atoms with Gasteiger partial charge >= 0.3 is 5.97 Å². The molecule has 190 valence electrons. The number of ether oxygens (including phenoxy) is 1. The largest absolute Gasteiger partial charge is 0.462 e. The van der Waals surface area contributed by atoms with Crippen LogP contribution in [0.1, 0.15) is 93.4 Å². The Kier molecular flexibility index (Phi) is 6.72. The average Bonchev–Trinajstić information content (AvgIpc) is 3.08. The van der Waals surface area contributed by atoms with Crippen LogP contribution in [0.3, 0.4) is 0 Å². The lowest BCUT2D eigenvalue weighted by Gasteiger charge is -2.60. The molecule has 4 rings (SSSR count). The molecule has 0 amide bonds. The maximum absolute atomic E-state index is 13.9. The summed E-state index contributed by atoms with van der Waals surface area (Å²) in [5, 5.41) is 11.8.